The van der Waals surface area contributed by atoms with Crippen molar-refractivity contribution in [2.75, 3.05) is 13.6 Å². The normalized spacial score (nSPS) is 12.0. The van der Waals surface area contributed by atoms with E-state index in [4.69, 9.17) is 0 Å². The van der Waals surface area contributed by atoms with Crippen molar-refractivity contribution in [1.29, 1.82) is 0 Å². The number of carbonyl (C=O) groups excluding carboxylic acids is 1. The number of carboxylic acids is 1. The van der Waals surface area contributed by atoms with Gasteiger partial charge in [-0.25, -0.2) is 9.59 Å². The molecule has 0 saturated heterocycles. The Kier molecular flexibility index (Phi) is 6.03. The van der Waals surface area contributed by atoms with Crippen LogP contribution in [-0.2, 0) is 11.2 Å². The molecule has 0 spiro atoms. The highest BCUT2D eigenvalue weighted by Gasteiger charge is 2.22. The molecule has 0 heterocycles. The molecule has 5 heteroatoms. The molecule has 0 aliphatic carbocycles. The van der Waals surface area contributed by atoms with Gasteiger partial charge in [0.05, 0.1) is 0 Å². The van der Waals surface area contributed by atoms with Crippen LogP contribution < -0.4 is 5.32 Å². The Bertz CT molecular complexity index is 446. The van der Waals surface area contributed by atoms with Gasteiger partial charge in [-0.05, 0) is 11.5 Å². The van der Waals surface area contributed by atoms with Gasteiger partial charge in [-0.1, -0.05) is 44.2 Å². The molecule has 0 aromatic heterocycles. The van der Waals surface area contributed by atoms with Crippen LogP contribution in [0.2, 0.25) is 0 Å². The zero-order valence-electron chi connectivity index (χ0n) is 12.2. The van der Waals surface area contributed by atoms with Gasteiger partial charge < -0.3 is 15.3 Å². The van der Waals surface area contributed by atoms with Gasteiger partial charge in [-0.3, -0.25) is 0 Å². The highest BCUT2D eigenvalue weighted by molar-refractivity contribution is 5.82. The predicted molar refractivity (Wildman–Crippen MR) is 77.6 cm³/mol. The second kappa shape index (κ2) is 7.53. The number of carboxylic acid groups (broad SMARTS) is 1. The minimum absolute atomic E-state index is 0.275. The number of amides is 2. The second-order valence-corrected chi connectivity index (χ2v) is 5.30. The van der Waals surface area contributed by atoms with Crippen molar-refractivity contribution in [1.82, 2.24) is 10.2 Å². The molecule has 2 N–H and O–H groups in total. The largest absolute Gasteiger partial charge is 0.480 e. The van der Waals surface area contributed by atoms with Gasteiger partial charge >= 0.3 is 12.0 Å². The molecule has 0 saturated carbocycles. The highest BCUT2D eigenvalue weighted by Crippen LogP contribution is 2.04. The lowest BCUT2D eigenvalue weighted by molar-refractivity contribution is -0.139. The Morgan fingerprint density at radius 2 is 1.85 bits per heavy atom. The van der Waals surface area contributed by atoms with Crippen molar-refractivity contribution in [3.05, 3.63) is 35.9 Å². The lowest BCUT2D eigenvalue weighted by Crippen LogP contribution is -2.48. The monoisotopic (exact) mass is 278 g/mol. The third-order valence-electron chi connectivity index (χ3n) is 2.86. The molecule has 0 aliphatic heterocycles. The number of carbonyl (C=O) groups is 2. The van der Waals surface area contributed by atoms with Crippen molar-refractivity contribution in [3.63, 3.8) is 0 Å². The van der Waals surface area contributed by atoms with Gasteiger partial charge in [0.1, 0.15) is 6.04 Å². The smallest absolute Gasteiger partial charge is 0.326 e. The van der Waals surface area contributed by atoms with Crippen molar-refractivity contribution in [2.45, 2.75) is 26.3 Å². The van der Waals surface area contributed by atoms with E-state index in [1.807, 2.05) is 44.2 Å². The molecule has 1 atom stereocenters. The fraction of sp³-hybridized carbons (Fsp3) is 0.467. The van der Waals surface area contributed by atoms with Crippen LogP contribution in [0.4, 0.5) is 4.79 Å². The third-order valence-corrected chi connectivity index (χ3v) is 2.86. The number of nitrogens with zero attached hydrogens (tertiary/aromatic N) is 1. The molecule has 5 nitrogen and oxygen atoms in total. The molecule has 110 valence electrons. The summed E-state index contributed by atoms with van der Waals surface area (Å²) >= 11 is 0. The zero-order chi connectivity index (χ0) is 15.1. The van der Waals surface area contributed by atoms with Gasteiger partial charge in [-0.15, -0.1) is 0 Å². The standard InChI is InChI=1S/C15H22N2O3/c1-11(2)10-17(3)15(20)16-13(14(18)19)9-12-7-5-4-6-8-12/h4-8,11,13H,9-10H2,1-3H3,(H,16,20)(H,18,19). The van der Waals surface area contributed by atoms with Crippen molar-refractivity contribution in [3.8, 4) is 0 Å². The minimum atomic E-state index is -1.03. The van der Waals surface area contributed by atoms with Gasteiger partial charge in [0, 0.05) is 20.0 Å². The molecule has 1 aromatic rings. The first-order valence-corrected chi connectivity index (χ1v) is 6.68. The first-order valence-electron chi connectivity index (χ1n) is 6.68. The molecule has 1 rings (SSSR count). The second-order valence-electron chi connectivity index (χ2n) is 5.30. The van der Waals surface area contributed by atoms with E-state index in [0.29, 0.717) is 12.5 Å². The molecular weight excluding hydrogens is 256 g/mol. The number of aliphatic carboxylic acids is 1. The Labute approximate surface area is 119 Å². The van der Waals surface area contributed by atoms with E-state index in [1.54, 1.807) is 7.05 Å². The van der Waals surface area contributed by atoms with Crippen LogP contribution in [0.5, 0.6) is 0 Å². The van der Waals surface area contributed by atoms with Crippen LogP contribution in [0.3, 0.4) is 0 Å². The number of urea groups is 1. The third kappa shape index (κ3) is 5.30. The van der Waals surface area contributed by atoms with Crippen LogP contribution >= 0.6 is 0 Å². The number of hydrogen-bond acceptors (Lipinski definition) is 2. The molecule has 1 unspecified atom stereocenters. The molecule has 0 aliphatic rings. The average molecular weight is 278 g/mol. The number of rotatable bonds is 6. The van der Waals surface area contributed by atoms with Gasteiger partial charge in [0.2, 0.25) is 0 Å². The molecule has 2 amide bonds. The lowest BCUT2D eigenvalue weighted by Gasteiger charge is -2.22. The Morgan fingerprint density at radius 3 is 2.35 bits per heavy atom. The van der Waals surface area contributed by atoms with E-state index in [1.165, 1.54) is 4.90 Å². The fourth-order valence-electron chi connectivity index (χ4n) is 1.94. The molecule has 20 heavy (non-hydrogen) atoms. The Balaban J connectivity index is 2.64. The summed E-state index contributed by atoms with van der Waals surface area (Å²) in [6.07, 6.45) is 0.275. The summed E-state index contributed by atoms with van der Waals surface area (Å²) in [6, 6.07) is 7.98. The Hall–Kier alpha value is -2.04. The van der Waals surface area contributed by atoms with E-state index in [2.05, 4.69) is 5.32 Å². The summed E-state index contributed by atoms with van der Waals surface area (Å²) in [5.41, 5.74) is 0.881. The van der Waals surface area contributed by atoms with E-state index < -0.39 is 12.0 Å². The molecular formula is C15H22N2O3. The Morgan fingerprint density at radius 1 is 1.25 bits per heavy atom. The molecule has 0 fully saturated rings. The summed E-state index contributed by atoms with van der Waals surface area (Å²) in [6.45, 7) is 4.59. The van der Waals surface area contributed by atoms with Crippen LogP contribution in [0.1, 0.15) is 19.4 Å². The van der Waals surface area contributed by atoms with E-state index in [-0.39, 0.29) is 12.5 Å². The van der Waals surface area contributed by atoms with Crippen molar-refractivity contribution >= 4 is 12.0 Å². The molecule has 0 radical (unpaired) electrons. The predicted octanol–water partition coefficient (Wildman–Crippen LogP) is 1.98. The summed E-state index contributed by atoms with van der Waals surface area (Å²) in [5.74, 6) is -0.691. The maximum atomic E-state index is 11.9. The first kappa shape index (κ1) is 16.0. The van der Waals surface area contributed by atoms with Gasteiger partial charge in [-0.2, -0.15) is 0 Å². The van der Waals surface area contributed by atoms with E-state index in [0.717, 1.165) is 5.56 Å². The summed E-state index contributed by atoms with van der Waals surface area (Å²) < 4.78 is 0. The van der Waals surface area contributed by atoms with Crippen LogP contribution in [0, 0.1) is 5.92 Å². The maximum Gasteiger partial charge on any atom is 0.326 e. The van der Waals surface area contributed by atoms with Crippen LogP contribution in [0.15, 0.2) is 30.3 Å². The SMILES string of the molecule is CC(C)CN(C)C(=O)NC(Cc1ccccc1)C(=O)O. The van der Waals surface area contributed by atoms with Crippen LogP contribution in [-0.4, -0.2) is 41.6 Å². The fourth-order valence-corrected chi connectivity index (χ4v) is 1.94. The average Bonchev–Trinajstić information content (AvgIpc) is 2.38. The number of benzene rings is 1. The highest BCUT2D eigenvalue weighted by atomic mass is 16.4. The van der Waals surface area contributed by atoms with Crippen molar-refractivity contribution < 1.29 is 14.7 Å². The van der Waals surface area contributed by atoms with Gasteiger partial charge in [0.15, 0.2) is 0 Å². The van der Waals surface area contributed by atoms with Crippen molar-refractivity contribution in [2.24, 2.45) is 5.92 Å². The molecule has 0 bridgehead atoms. The zero-order valence-corrected chi connectivity index (χ0v) is 12.2. The first-order chi connectivity index (χ1) is 9.40. The molecule has 1 aromatic carbocycles. The quantitative estimate of drug-likeness (QED) is 0.836. The summed E-state index contributed by atoms with van der Waals surface area (Å²) in [5, 5.41) is 11.8. The number of hydrogen-bond donors (Lipinski definition) is 2. The van der Waals surface area contributed by atoms with E-state index in [9.17, 15) is 14.7 Å². The van der Waals surface area contributed by atoms with E-state index >= 15 is 0 Å². The number of nitrogens with one attached hydrogen (secondary N) is 1. The van der Waals surface area contributed by atoms with Crippen LogP contribution in [0.25, 0.3) is 0 Å². The summed E-state index contributed by atoms with van der Waals surface area (Å²) in [7, 11) is 1.66. The lowest BCUT2D eigenvalue weighted by atomic mass is 10.1. The minimum Gasteiger partial charge on any atom is -0.480 e. The maximum absolute atomic E-state index is 11.9. The topological polar surface area (TPSA) is 69.6 Å². The van der Waals surface area contributed by atoms with Gasteiger partial charge in [0.25, 0.3) is 0 Å². The summed E-state index contributed by atoms with van der Waals surface area (Å²) in [4.78, 5) is 24.7.